The number of carbonyl (C=O) groups excluding carboxylic acids is 2. The lowest BCUT2D eigenvalue weighted by atomic mass is 10.0. The Labute approximate surface area is 207 Å². The molecule has 0 saturated heterocycles. The van der Waals surface area contributed by atoms with E-state index < -0.39 is 12.0 Å². The van der Waals surface area contributed by atoms with Crippen LogP contribution in [0, 0.1) is 0 Å². The Kier molecular flexibility index (Phi) is 7.60. The molecule has 0 aliphatic heterocycles. The van der Waals surface area contributed by atoms with Gasteiger partial charge in [0.15, 0.2) is 0 Å². The topological polar surface area (TPSA) is 67.4 Å². The van der Waals surface area contributed by atoms with E-state index in [4.69, 9.17) is 4.74 Å². The van der Waals surface area contributed by atoms with Crippen molar-refractivity contribution in [3.63, 3.8) is 0 Å². The third kappa shape index (κ3) is 5.83. The molecule has 5 nitrogen and oxygen atoms in total. The van der Waals surface area contributed by atoms with E-state index >= 15 is 0 Å². The highest BCUT2D eigenvalue weighted by Gasteiger charge is 2.22. The SMILES string of the molecule is COC(=O)C(Cc1ccc(Br)cc1)NC(=O)c1ccc(NCc2cccc3ccccc23)cc1. The zero-order valence-electron chi connectivity index (χ0n) is 18.8. The van der Waals surface area contributed by atoms with Gasteiger partial charge in [-0.3, -0.25) is 4.79 Å². The molecule has 2 N–H and O–H groups in total. The van der Waals surface area contributed by atoms with Crippen molar-refractivity contribution in [1.82, 2.24) is 5.32 Å². The van der Waals surface area contributed by atoms with Gasteiger partial charge < -0.3 is 15.4 Å². The van der Waals surface area contributed by atoms with Crippen LogP contribution in [-0.2, 0) is 22.5 Å². The molecule has 1 atom stereocenters. The molecule has 34 heavy (non-hydrogen) atoms. The van der Waals surface area contributed by atoms with Gasteiger partial charge in [-0.1, -0.05) is 70.5 Å². The minimum absolute atomic E-state index is 0.326. The van der Waals surface area contributed by atoms with Crippen LogP contribution in [0.1, 0.15) is 21.5 Å². The molecule has 4 aromatic rings. The highest BCUT2D eigenvalue weighted by molar-refractivity contribution is 9.10. The highest BCUT2D eigenvalue weighted by Crippen LogP contribution is 2.20. The van der Waals surface area contributed by atoms with E-state index in [-0.39, 0.29) is 5.91 Å². The number of benzene rings is 4. The van der Waals surface area contributed by atoms with Crippen molar-refractivity contribution in [2.75, 3.05) is 12.4 Å². The second-order valence-corrected chi connectivity index (χ2v) is 8.86. The van der Waals surface area contributed by atoms with Gasteiger partial charge in [0.25, 0.3) is 5.91 Å². The van der Waals surface area contributed by atoms with Gasteiger partial charge in [-0.15, -0.1) is 0 Å². The maximum absolute atomic E-state index is 12.8. The molecule has 0 spiro atoms. The minimum atomic E-state index is -0.775. The first-order valence-electron chi connectivity index (χ1n) is 11.0. The van der Waals surface area contributed by atoms with Crippen molar-refractivity contribution in [2.45, 2.75) is 19.0 Å². The van der Waals surface area contributed by atoms with Crippen LogP contribution in [0.15, 0.2) is 95.5 Å². The molecule has 4 rings (SSSR count). The fraction of sp³-hybridized carbons (Fsp3) is 0.143. The van der Waals surface area contributed by atoms with Gasteiger partial charge in [0.05, 0.1) is 7.11 Å². The van der Waals surface area contributed by atoms with Gasteiger partial charge in [-0.2, -0.15) is 0 Å². The van der Waals surface area contributed by atoms with Gasteiger partial charge in [0, 0.05) is 28.7 Å². The van der Waals surface area contributed by atoms with Crippen LogP contribution >= 0.6 is 15.9 Å². The first kappa shape index (κ1) is 23.5. The molecular weight excluding hydrogens is 492 g/mol. The molecule has 0 bridgehead atoms. The predicted octanol–water partition coefficient (Wildman–Crippen LogP) is 5.73. The molecular formula is C28H25BrN2O3. The molecule has 6 heteroatoms. The lowest BCUT2D eigenvalue weighted by molar-refractivity contribution is -0.142. The Bertz CT molecular complexity index is 1280. The molecule has 172 valence electrons. The number of hydrogen-bond donors (Lipinski definition) is 2. The summed E-state index contributed by atoms with van der Waals surface area (Å²) in [6.45, 7) is 0.671. The van der Waals surface area contributed by atoms with Crippen molar-refractivity contribution in [3.05, 3.63) is 112 Å². The second kappa shape index (κ2) is 11.0. The van der Waals surface area contributed by atoms with Crippen LogP contribution in [0.25, 0.3) is 10.8 Å². The van der Waals surface area contributed by atoms with Crippen LogP contribution in [-0.4, -0.2) is 25.0 Å². The summed E-state index contributed by atoms with van der Waals surface area (Å²) < 4.78 is 5.84. The lowest BCUT2D eigenvalue weighted by Crippen LogP contribution is -2.43. The molecule has 4 aromatic carbocycles. The van der Waals surface area contributed by atoms with Crippen LogP contribution in [0.3, 0.4) is 0 Å². The van der Waals surface area contributed by atoms with E-state index in [1.54, 1.807) is 12.1 Å². The Balaban J connectivity index is 1.40. The number of esters is 1. The van der Waals surface area contributed by atoms with Gasteiger partial charge in [0.2, 0.25) is 0 Å². The molecule has 1 unspecified atom stereocenters. The van der Waals surface area contributed by atoms with Gasteiger partial charge in [0.1, 0.15) is 6.04 Å². The standard InChI is InChI=1S/C28H25BrN2O3/c1-34-28(33)26(17-19-9-13-23(29)14-10-19)31-27(32)21-11-15-24(16-12-21)30-18-22-7-4-6-20-5-2-3-8-25(20)22/h2-16,26,30H,17-18H2,1H3,(H,31,32). The van der Waals surface area contributed by atoms with Crippen molar-refractivity contribution in [3.8, 4) is 0 Å². The molecule has 0 aliphatic rings. The zero-order chi connectivity index (χ0) is 23.9. The van der Waals surface area contributed by atoms with Crippen molar-refractivity contribution in [1.29, 1.82) is 0 Å². The molecule has 0 heterocycles. The van der Waals surface area contributed by atoms with E-state index in [9.17, 15) is 9.59 Å². The van der Waals surface area contributed by atoms with E-state index in [0.717, 1.165) is 15.7 Å². The van der Waals surface area contributed by atoms with E-state index in [2.05, 4.69) is 56.9 Å². The quantitative estimate of drug-likeness (QED) is 0.293. The highest BCUT2D eigenvalue weighted by atomic mass is 79.9. The summed E-state index contributed by atoms with van der Waals surface area (Å²) in [5.74, 6) is -0.808. The number of hydrogen-bond acceptors (Lipinski definition) is 4. The predicted molar refractivity (Wildman–Crippen MR) is 139 cm³/mol. The number of halogens is 1. The third-order valence-electron chi connectivity index (χ3n) is 5.65. The van der Waals surface area contributed by atoms with E-state index in [1.807, 2.05) is 48.5 Å². The number of fused-ring (bicyclic) bond motifs is 1. The number of anilines is 1. The fourth-order valence-electron chi connectivity index (χ4n) is 3.82. The number of amides is 1. The first-order valence-corrected chi connectivity index (χ1v) is 11.8. The van der Waals surface area contributed by atoms with Crippen molar-refractivity contribution < 1.29 is 14.3 Å². The monoisotopic (exact) mass is 516 g/mol. The molecule has 0 radical (unpaired) electrons. The maximum Gasteiger partial charge on any atom is 0.328 e. The number of methoxy groups -OCH3 is 1. The summed E-state index contributed by atoms with van der Waals surface area (Å²) in [6, 6.07) is 28.6. The van der Waals surface area contributed by atoms with Crippen LogP contribution in [0.2, 0.25) is 0 Å². The zero-order valence-corrected chi connectivity index (χ0v) is 20.3. The largest absolute Gasteiger partial charge is 0.467 e. The van der Waals surface area contributed by atoms with Gasteiger partial charge >= 0.3 is 5.97 Å². The van der Waals surface area contributed by atoms with Gasteiger partial charge in [-0.05, 0) is 58.3 Å². The van der Waals surface area contributed by atoms with Crippen molar-refractivity contribution in [2.24, 2.45) is 0 Å². The summed E-state index contributed by atoms with van der Waals surface area (Å²) in [5.41, 5.74) is 3.50. The minimum Gasteiger partial charge on any atom is -0.467 e. The van der Waals surface area contributed by atoms with E-state index in [1.165, 1.54) is 23.4 Å². The van der Waals surface area contributed by atoms with Crippen LogP contribution in [0.5, 0.6) is 0 Å². The third-order valence-corrected chi connectivity index (χ3v) is 6.18. The molecule has 0 aliphatic carbocycles. The smallest absolute Gasteiger partial charge is 0.328 e. The number of ether oxygens (including phenoxy) is 1. The molecule has 1 amide bonds. The Morgan fingerprint density at radius 1 is 0.882 bits per heavy atom. The average Bonchev–Trinajstić information content (AvgIpc) is 2.88. The number of nitrogens with one attached hydrogen (secondary N) is 2. The number of rotatable bonds is 8. The summed E-state index contributed by atoms with van der Waals surface area (Å²) >= 11 is 3.40. The van der Waals surface area contributed by atoms with Gasteiger partial charge in [-0.25, -0.2) is 4.79 Å². The first-order chi connectivity index (χ1) is 16.5. The average molecular weight is 517 g/mol. The molecule has 0 saturated carbocycles. The Morgan fingerprint density at radius 2 is 1.59 bits per heavy atom. The normalized spacial score (nSPS) is 11.6. The fourth-order valence-corrected chi connectivity index (χ4v) is 4.08. The Morgan fingerprint density at radius 3 is 2.32 bits per heavy atom. The lowest BCUT2D eigenvalue weighted by Gasteiger charge is -2.17. The summed E-state index contributed by atoms with van der Waals surface area (Å²) in [7, 11) is 1.32. The summed E-state index contributed by atoms with van der Waals surface area (Å²) in [4.78, 5) is 25.1. The number of carbonyl (C=O) groups is 2. The summed E-state index contributed by atoms with van der Waals surface area (Å²) in [5, 5.41) is 8.64. The Hall–Kier alpha value is -3.64. The summed E-state index contributed by atoms with van der Waals surface area (Å²) in [6.07, 6.45) is 0.344. The van der Waals surface area contributed by atoms with Crippen LogP contribution < -0.4 is 10.6 Å². The second-order valence-electron chi connectivity index (χ2n) is 7.95. The van der Waals surface area contributed by atoms with Crippen molar-refractivity contribution >= 4 is 44.3 Å². The molecule has 0 aromatic heterocycles. The maximum atomic E-state index is 12.8. The van der Waals surface area contributed by atoms with Crippen LogP contribution in [0.4, 0.5) is 5.69 Å². The molecule has 0 fully saturated rings. The van der Waals surface area contributed by atoms with E-state index in [0.29, 0.717) is 18.5 Å².